The lowest BCUT2D eigenvalue weighted by Gasteiger charge is -2.07. The van der Waals surface area contributed by atoms with E-state index in [0.717, 1.165) is 16.7 Å². The first-order valence-corrected chi connectivity index (χ1v) is 9.50. The van der Waals surface area contributed by atoms with Gasteiger partial charge >= 0.3 is 0 Å². The standard InChI is InChI=1S/C21H19ClFN5O/c1-12-21(22)13(2)28(27-12)11-20(29)24-15-7-8-17-18(10-15)26-19(25-17)9-14-5-3-4-6-16(14)23/h3-8,10H,9,11H2,1-2H3,(H,24,29)(H,25,26). The molecule has 0 atom stereocenters. The molecule has 0 aliphatic rings. The fourth-order valence-corrected chi connectivity index (χ4v) is 3.35. The topological polar surface area (TPSA) is 75.6 Å². The van der Waals surface area contributed by atoms with E-state index >= 15 is 0 Å². The SMILES string of the molecule is Cc1nn(CC(=O)Nc2ccc3nc(Cc4ccccc4F)[nH]c3c2)c(C)c1Cl. The van der Waals surface area contributed by atoms with E-state index < -0.39 is 0 Å². The van der Waals surface area contributed by atoms with Crippen molar-refractivity contribution in [3.63, 3.8) is 0 Å². The van der Waals surface area contributed by atoms with Gasteiger partial charge in [0, 0.05) is 12.1 Å². The number of aryl methyl sites for hydroxylation is 1. The second-order valence-electron chi connectivity index (χ2n) is 6.87. The smallest absolute Gasteiger partial charge is 0.246 e. The van der Waals surface area contributed by atoms with Crippen LogP contribution in [0.25, 0.3) is 11.0 Å². The lowest BCUT2D eigenvalue weighted by atomic mass is 10.1. The molecule has 4 rings (SSSR count). The molecule has 2 aromatic heterocycles. The van der Waals surface area contributed by atoms with Crippen molar-refractivity contribution >= 4 is 34.2 Å². The quantitative estimate of drug-likeness (QED) is 0.511. The first-order chi connectivity index (χ1) is 13.9. The monoisotopic (exact) mass is 411 g/mol. The molecule has 0 saturated carbocycles. The Kier molecular flexibility index (Phi) is 5.07. The van der Waals surface area contributed by atoms with Crippen molar-refractivity contribution in [2.75, 3.05) is 5.32 Å². The van der Waals surface area contributed by atoms with E-state index in [1.165, 1.54) is 6.07 Å². The number of halogens is 2. The molecule has 6 nitrogen and oxygen atoms in total. The van der Waals surface area contributed by atoms with Crippen LogP contribution in [0.2, 0.25) is 5.02 Å². The van der Waals surface area contributed by atoms with Gasteiger partial charge in [0.25, 0.3) is 0 Å². The fraction of sp³-hybridized carbons (Fsp3) is 0.190. The molecule has 0 spiro atoms. The van der Waals surface area contributed by atoms with E-state index in [0.29, 0.717) is 34.2 Å². The second-order valence-corrected chi connectivity index (χ2v) is 7.25. The zero-order valence-electron chi connectivity index (χ0n) is 16.0. The van der Waals surface area contributed by atoms with Gasteiger partial charge in [-0.3, -0.25) is 9.48 Å². The van der Waals surface area contributed by atoms with E-state index in [1.807, 2.05) is 13.0 Å². The Morgan fingerprint density at radius 2 is 2.03 bits per heavy atom. The van der Waals surface area contributed by atoms with Gasteiger partial charge in [0.1, 0.15) is 18.2 Å². The van der Waals surface area contributed by atoms with Crippen LogP contribution in [0.3, 0.4) is 0 Å². The van der Waals surface area contributed by atoms with Gasteiger partial charge in [-0.05, 0) is 43.7 Å². The van der Waals surface area contributed by atoms with Gasteiger partial charge in [-0.15, -0.1) is 0 Å². The number of H-pyrrole nitrogens is 1. The normalized spacial score (nSPS) is 11.2. The number of hydrogen-bond acceptors (Lipinski definition) is 3. The summed E-state index contributed by atoms with van der Waals surface area (Å²) in [5, 5.41) is 7.69. The summed E-state index contributed by atoms with van der Waals surface area (Å²) in [6.07, 6.45) is 0.363. The first-order valence-electron chi connectivity index (χ1n) is 9.12. The molecule has 0 fully saturated rings. The number of nitrogens with one attached hydrogen (secondary N) is 2. The highest BCUT2D eigenvalue weighted by Gasteiger charge is 2.13. The van der Waals surface area contributed by atoms with Crippen LogP contribution >= 0.6 is 11.6 Å². The summed E-state index contributed by atoms with van der Waals surface area (Å²) in [4.78, 5) is 20.1. The van der Waals surface area contributed by atoms with Crippen molar-refractivity contribution in [3.8, 4) is 0 Å². The number of rotatable bonds is 5. The molecule has 0 saturated heterocycles. The van der Waals surface area contributed by atoms with Crippen molar-refractivity contribution < 1.29 is 9.18 Å². The maximum absolute atomic E-state index is 13.9. The Balaban J connectivity index is 1.49. The summed E-state index contributed by atoms with van der Waals surface area (Å²) in [5.41, 5.74) is 4.17. The number of aromatic nitrogens is 4. The van der Waals surface area contributed by atoms with Crippen LogP contribution < -0.4 is 5.32 Å². The number of benzene rings is 2. The number of aromatic amines is 1. The van der Waals surface area contributed by atoms with Gasteiger partial charge in [-0.25, -0.2) is 9.37 Å². The summed E-state index contributed by atoms with van der Waals surface area (Å²) < 4.78 is 15.4. The number of amides is 1. The molecule has 8 heteroatoms. The van der Waals surface area contributed by atoms with Crippen molar-refractivity contribution in [1.82, 2.24) is 19.7 Å². The number of anilines is 1. The van der Waals surface area contributed by atoms with Crippen LogP contribution in [0.5, 0.6) is 0 Å². The fourth-order valence-electron chi connectivity index (χ4n) is 3.21. The molecule has 29 heavy (non-hydrogen) atoms. The van der Waals surface area contributed by atoms with Crippen molar-refractivity contribution in [3.05, 3.63) is 76.1 Å². The maximum Gasteiger partial charge on any atom is 0.246 e. The van der Waals surface area contributed by atoms with Crippen LogP contribution in [0, 0.1) is 19.7 Å². The lowest BCUT2D eigenvalue weighted by molar-refractivity contribution is -0.116. The van der Waals surface area contributed by atoms with Crippen LogP contribution in [-0.2, 0) is 17.8 Å². The summed E-state index contributed by atoms with van der Waals surface area (Å²) in [6.45, 7) is 3.69. The molecule has 0 bridgehead atoms. The third-order valence-corrected chi connectivity index (χ3v) is 5.26. The Morgan fingerprint density at radius 1 is 1.24 bits per heavy atom. The number of nitrogens with zero attached hydrogens (tertiary/aromatic N) is 3. The molecule has 0 aliphatic heterocycles. The molecule has 0 aliphatic carbocycles. The lowest BCUT2D eigenvalue weighted by Crippen LogP contribution is -2.20. The summed E-state index contributed by atoms with van der Waals surface area (Å²) in [5.74, 6) is 0.189. The zero-order valence-corrected chi connectivity index (χ0v) is 16.7. The average Bonchev–Trinajstić information content (AvgIpc) is 3.19. The predicted octanol–water partition coefficient (Wildman–Crippen LogP) is 4.40. The third-order valence-electron chi connectivity index (χ3n) is 4.72. The molecule has 148 valence electrons. The minimum atomic E-state index is -0.259. The van der Waals surface area contributed by atoms with Gasteiger partial charge in [0.05, 0.1) is 27.4 Å². The van der Waals surface area contributed by atoms with E-state index in [2.05, 4.69) is 20.4 Å². The van der Waals surface area contributed by atoms with E-state index in [-0.39, 0.29) is 18.3 Å². The molecular formula is C21H19ClFN5O. The first kappa shape index (κ1) is 19.1. The summed E-state index contributed by atoms with van der Waals surface area (Å²) in [6, 6.07) is 12.0. The Bertz CT molecular complexity index is 1210. The van der Waals surface area contributed by atoms with Crippen LogP contribution in [-0.4, -0.2) is 25.7 Å². The van der Waals surface area contributed by atoms with Crippen molar-refractivity contribution in [1.29, 1.82) is 0 Å². The van der Waals surface area contributed by atoms with Crippen LogP contribution in [0.15, 0.2) is 42.5 Å². The highest BCUT2D eigenvalue weighted by Crippen LogP contribution is 2.21. The number of carbonyl (C=O) groups is 1. The third kappa shape index (κ3) is 4.00. The number of carbonyl (C=O) groups excluding carboxylic acids is 1. The van der Waals surface area contributed by atoms with Crippen molar-refractivity contribution in [2.24, 2.45) is 0 Å². The molecule has 2 heterocycles. The summed E-state index contributed by atoms with van der Waals surface area (Å²) >= 11 is 6.13. The van der Waals surface area contributed by atoms with Gasteiger partial charge in [0.2, 0.25) is 5.91 Å². The molecule has 2 N–H and O–H groups in total. The van der Waals surface area contributed by atoms with Gasteiger partial charge in [0.15, 0.2) is 0 Å². The molecular weight excluding hydrogens is 393 g/mol. The number of hydrogen-bond donors (Lipinski definition) is 2. The minimum Gasteiger partial charge on any atom is -0.342 e. The number of imidazole rings is 1. The Morgan fingerprint density at radius 3 is 2.76 bits per heavy atom. The average molecular weight is 412 g/mol. The highest BCUT2D eigenvalue weighted by molar-refractivity contribution is 6.31. The Hall–Kier alpha value is -3.19. The summed E-state index contributed by atoms with van der Waals surface area (Å²) in [7, 11) is 0. The number of fused-ring (bicyclic) bond motifs is 1. The molecule has 2 aromatic carbocycles. The van der Waals surface area contributed by atoms with E-state index in [1.54, 1.807) is 41.9 Å². The minimum absolute atomic E-state index is 0.0684. The van der Waals surface area contributed by atoms with Gasteiger partial charge in [-0.1, -0.05) is 29.8 Å². The molecule has 0 unspecified atom stereocenters. The van der Waals surface area contributed by atoms with Crippen LogP contribution in [0.4, 0.5) is 10.1 Å². The van der Waals surface area contributed by atoms with Gasteiger partial charge in [-0.2, -0.15) is 5.10 Å². The van der Waals surface area contributed by atoms with Gasteiger partial charge < -0.3 is 10.3 Å². The molecule has 4 aromatic rings. The van der Waals surface area contributed by atoms with Crippen LogP contribution in [0.1, 0.15) is 22.8 Å². The highest BCUT2D eigenvalue weighted by atomic mass is 35.5. The van der Waals surface area contributed by atoms with Crippen molar-refractivity contribution in [2.45, 2.75) is 26.8 Å². The maximum atomic E-state index is 13.9. The Labute approximate surface area is 171 Å². The van der Waals surface area contributed by atoms with E-state index in [9.17, 15) is 9.18 Å². The predicted molar refractivity (Wildman–Crippen MR) is 111 cm³/mol. The molecule has 1 amide bonds. The second kappa shape index (κ2) is 7.67. The van der Waals surface area contributed by atoms with E-state index in [4.69, 9.17) is 11.6 Å². The molecule has 0 radical (unpaired) electrons. The zero-order chi connectivity index (χ0) is 20.5. The largest absolute Gasteiger partial charge is 0.342 e.